The van der Waals surface area contributed by atoms with E-state index in [1.165, 1.54) is 0 Å². The Hall–Kier alpha value is -3.75. The topological polar surface area (TPSA) is 96.2 Å². The molecule has 9 heteroatoms. The van der Waals surface area contributed by atoms with E-state index < -0.39 is 0 Å². The van der Waals surface area contributed by atoms with Crippen molar-refractivity contribution < 1.29 is 28.3 Å². The first-order valence-electron chi connectivity index (χ1n) is 10.6. The first-order valence-corrected chi connectivity index (χ1v) is 10.6. The summed E-state index contributed by atoms with van der Waals surface area (Å²) < 4.78 is 26.8. The second-order valence-corrected chi connectivity index (χ2v) is 7.77. The van der Waals surface area contributed by atoms with Gasteiger partial charge in [0, 0.05) is 24.4 Å². The van der Waals surface area contributed by atoms with Crippen molar-refractivity contribution in [1.82, 2.24) is 15.0 Å². The van der Waals surface area contributed by atoms with E-state index in [4.69, 9.17) is 23.5 Å². The van der Waals surface area contributed by atoms with Crippen molar-refractivity contribution >= 4 is 5.91 Å². The smallest absolute Gasteiger partial charge is 0.258 e. The molecule has 1 aliphatic heterocycles. The highest BCUT2D eigenvalue weighted by Gasteiger charge is 2.36. The largest absolute Gasteiger partial charge is 0.493 e. The summed E-state index contributed by atoms with van der Waals surface area (Å²) in [6.45, 7) is 2.49. The van der Waals surface area contributed by atoms with Crippen LogP contribution in [0.25, 0.3) is 11.5 Å². The Kier molecular flexibility index (Phi) is 6.39. The highest BCUT2D eigenvalue weighted by atomic mass is 16.5. The van der Waals surface area contributed by atoms with Crippen LogP contribution in [0.15, 0.2) is 40.9 Å². The average Bonchev–Trinajstić information content (AvgIpc) is 3.49. The Morgan fingerprint density at radius 3 is 2.24 bits per heavy atom. The zero-order valence-electron chi connectivity index (χ0n) is 19.3. The summed E-state index contributed by atoms with van der Waals surface area (Å²) in [6.07, 6.45) is 0.322. The van der Waals surface area contributed by atoms with Gasteiger partial charge in [-0.25, -0.2) is 0 Å². The molecule has 1 aromatic heterocycles. The summed E-state index contributed by atoms with van der Waals surface area (Å²) in [5.41, 5.74) is 1.67. The van der Waals surface area contributed by atoms with Crippen LogP contribution >= 0.6 is 0 Å². The summed E-state index contributed by atoms with van der Waals surface area (Å²) in [5.74, 6) is 3.22. The maximum atomic E-state index is 12.8. The maximum Gasteiger partial charge on any atom is 0.258 e. The standard InChI is InChI=1S/C24H27N3O6/c1-14(15-6-8-18(29-2)20(10-15)31-4)27-13-17(12-22(27)28)23-25-24(33-26-23)16-7-9-19(30-3)21(11-16)32-5/h6-11,14,17H,12-13H2,1-5H3. The lowest BCUT2D eigenvalue weighted by Gasteiger charge is -2.25. The molecule has 1 aliphatic rings. The molecule has 174 valence electrons. The number of carbonyl (C=O) groups excluding carboxylic acids is 1. The van der Waals surface area contributed by atoms with E-state index in [0.29, 0.717) is 53.2 Å². The van der Waals surface area contributed by atoms with Crippen LogP contribution in [0.5, 0.6) is 23.0 Å². The van der Waals surface area contributed by atoms with Gasteiger partial charge in [-0.05, 0) is 42.8 Å². The molecule has 2 heterocycles. The van der Waals surface area contributed by atoms with Gasteiger partial charge >= 0.3 is 0 Å². The van der Waals surface area contributed by atoms with Gasteiger partial charge in [0.2, 0.25) is 5.91 Å². The zero-order chi connectivity index (χ0) is 23.5. The van der Waals surface area contributed by atoms with Crippen molar-refractivity contribution in [3.63, 3.8) is 0 Å². The van der Waals surface area contributed by atoms with Crippen molar-refractivity contribution in [3.8, 4) is 34.5 Å². The molecule has 0 saturated carbocycles. The Labute approximate surface area is 192 Å². The molecule has 2 aromatic carbocycles. The van der Waals surface area contributed by atoms with Gasteiger partial charge in [-0.15, -0.1) is 0 Å². The fourth-order valence-corrected chi connectivity index (χ4v) is 4.06. The van der Waals surface area contributed by atoms with Crippen molar-refractivity contribution in [2.75, 3.05) is 35.0 Å². The fraction of sp³-hybridized carbons (Fsp3) is 0.375. The number of carbonyl (C=O) groups is 1. The molecule has 0 aliphatic carbocycles. The highest BCUT2D eigenvalue weighted by molar-refractivity contribution is 5.80. The van der Waals surface area contributed by atoms with E-state index in [1.54, 1.807) is 40.6 Å². The van der Waals surface area contributed by atoms with Crippen LogP contribution in [0, 0.1) is 0 Å². The van der Waals surface area contributed by atoms with Crippen molar-refractivity contribution in [2.24, 2.45) is 0 Å². The average molecular weight is 453 g/mol. The number of ether oxygens (including phenoxy) is 4. The van der Waals surface area contributed by atoms with Gasteiger partial charge in [0.15, 0.2) is 28.8 Å². The Balaban J connectivity index is 1.52. The van der Waals surface area contributed by atoms with Crippen LogP contribution in [0.4, 0.5) is 0 Å². The number of hydrogen-bond acceptors (Lipinski definition) is 8. The lowest BCUT2D eigenvalue weighted by atomic mass is 10.1. The molecule has 3 aromatic rings. The molecule has 0 N–H and O–H groups in total. The fourth-order valence-electron chi connectivity index (χ4n) is 4.06. The van der Waals surface area contributed by atoms with Gasteiger partial charge in [-0.1, -0.05) is 11.2 Å². The van der Waals surface area contributed by atoms with Crippen molar-refractivity contribution in [3.05, 3.63) is 47.8 Å². The van der Waals surface area contributed by atoms with Crippen LogP contribution in [0.2, 0.25) is 0 Å². The molecular weight excluding hydrogens is 426 g/mol. The summed E-state index contributed by atoms with van der Waals surface area (Å²) >= 11 is 0. The van der Waals surface area contributed by atoms with Gasteiger partial charge in [-0.2, -0.15) is 4.98 Å². The van der Waals surface area contributed by atoms with Crippen molar-refractivity contribution in [1.29, 1.82) is 0 Å². The molecule has 33 heavy (non-hydrogen) atoms. The first kappa shape index (κ1) is 22.4. The molecular formula is C24H27N3O6. The van der Waals surface area contributed by atoms with Gasteiger partial charge in [0.05, 0.1) is 34.5 Å². The van der Waals surface area contributed by atoms with Gasteiger partial charge in [-0.3, -0.25) is 4.79 Å². The number of methoxy groups -OCH3 is 4. The number of nitrogens with zero attached hydrogens (tertiary/aromatic N) is 3. The van der Waals surface area contributed by atoms with E-state index in [-0.39, 0.29) is 17.9 Å². The Morgan fingerprint density at radius 1 is 0.939 bits per heavy atom. The third-order valence-corrected chi connectivity index (χ3v) is 5.95. The third kappa shape index (κ3) is 4.30. The van der Waals surface area contributed by atoms with Gasteiger partial charge < -0.3 is 28.4 Å². The third-order valence-electron chi connectivity index (χ3n) is 5.95. The zero-order valence-corrected chi connectivity index (χ0v) is 19.3. The Bertz CT molecular complexity index is 1140. The van der Waals surface area contributed by atoms with E-state index in [2.05, 4.69) is 10.1 Å². The summed E-state index contributed by atoms with van der Waals surface area (Å²) in [6, 6.07) is 10.9. The quantitative estimate of drug-likeness (QED) is 0.508. The van der Waals surface area contributed by atoms with Crippen LogP contribution in [-0.2, 0) is 4.79 Å². The number of aromatic nitrogens is 2. The number of likely N-dealkylation sites (tertiary alicyclic amines) is 1. The lowest BCUT2D eigenvalue weighted by molar-refractivity contribution is -0.129. The van der Waals surface area contributed by atoms with E-state index in [0.717, 1.165) is 5.56 Å². The van der Waals surface area contributed by atoms with Gasteiger partial charge in [0.1, 0.15) is 0 Å². The number of rotatable bonds is 8. The highest BCUT2D eigenvalue weighted by Crippen LogP contribution is 2.37. The molecule has 9 nitrogen and oxygen atoms in total. The molecule has 0 spiro atoms. The molecule has 1 amide bonds. The predicted octanol–water partition coefficient (Wildman–Crippen LogP) is 3.85. The molecule has 0 bridgehead atoms. The minimum atomic E-state index is -0.155. The Morgan fingerprint density at radius 2 is 1.58 bits per heavy atom. The van der Waals surface area contributed by atoms with Crippen LogP contribution in [-0.4, -0.2) is 55.9 Å². The first-order chi connectivity index (χ1) is 16.0. The van der Waals surface area contributed by atoms with Crippen LogP contribution in [0.3, 0.4) is 0 Å². The maximum absolute atomic E-state index is 12.8. The van der Waals surface area contributed by atoms with Crippen molar-refractivity contribution in [2.45, 2.75) is 25.3 Å². The molecule has 1 fully saturated rings. The van der Waals surface area contributed by atoms with E-state index in [9.17, 15) is 4.79 Å². The monoisotopic (exact) mass is 453 g/mol. The van der Waals surface area contributed by atoms with Gasteiger partial charge in [0.25, 0.3) is 5.89 Å². The predicted molar refractivity (Wildman–Crippen MR) is 120 cm³/mol. The normalized spacial score (nSPS) is 16.6. The second kappa shape index (κ2) is 9.40. The van der Waals surface area contributed by atoms with Crippen LogP contribution in [0.1, 0.15) is 36.7 Å². The number of hydrogen-bond donors (Lipinski definition) is 0. The van der Waals surface area contributed by atoms with E-state index in [1.807, 2.05) is 36.1 Å². The molecule has 2 atom stereocenters. The SMILES string of the molecule is COc1ccc(-c2nc(C3CC(=O)N(C(C)c4ccc(OC)c(OC)c4)C3)no2)cc1OC. The van der Waals surface area contributed by atoms with Crippen LogP contribution < -0.4 is 18.9 Å². The minimum absolute atomic E-state index is 0.0414. The molecule has 0 radical (unpaired) electrons. The summed E-state index contributed by atoms with van der Waals surface area (Å²) in [4.78, 5) is 19.2. The molecule has 4 rings (SSSR count). The minimum Gasteiger partial charge on any atom is -0.493 e. The number of benzene rings is 2. The number of amides is 1. The molecule has 2 unspecified atom stereocenters. The summed E-state index contributed by atoms with van der Waals surface area (Å²) in [5, 5.41) is 4.15. The molecule has 1 saturated heterocycles. The summed E-state index contributed by atoms with van der Waals surface area (Å²) in [7, 11) is 6.33. The second-order valence-electron chi connectivity index (χ2n) is 7.77. The lowest BCUT2D eigenvalue weighted by Crippen LogP contribution is -2.28. The van der Waals surface area contributed by atoms with E-state index >= 15 is 0 Å².